The van der Waals surface area contributed by atoms with Gasteiger partial charge in [0.2, 0.25) is 5.91 Å². The fourth-order valence-electron chi connectivity index (χ4n) is 0.940. The second-order valence-electron chi connectivity index (χ2n) is 2.79. The molecular weight excluding hydrogens is 237 g/mol. The molecule has 0 saturated carbocycles. The van der Waals surface area contributed by atoms with Gasteiger partial charge in [0.05, 0.1) is 0 Å². The standard InChI is InChI=1S/C8H10NO4PS/c1-6(10)9-7-2-4-8(5-3-7)13-14(11,12)15/h2-5H,1H3,(H,9,10)(H2,11,12,15). The molecule has 1 amide bonds. The van der Waals surface area contributed by atoms with Gasteiger partial charge >= 0.3 is 6.72 Å². The van der Waals surface area contributed by atoms with Crippen LogP contribution in [0, 0.1) is 0 Å². The van der Waals surface area contributed by atoms with E-state index < -0.39 is 6.72 Å². The van der Waals surface area contributed by atoms with Crippen molar-refractivity contribution >= 4 is 30.1 Å². The summed E-state index contributed by atoms with van der Waals surface area (Å²) in [6.07, 6.45) is 0. The van der Waals surface area contributed by atoms with Crippen LogP contribution in [0.4, 0.5) is 5.69 Å². The second-order valence-corrected chi connectivity index (χ2v) is 5.38. The number of hydrogen-bond donors (Lipinski definition) is 3. The lowest BCUT2D eigenvalue weighted by atomic mass is 10.3. The van der Waals surface area contributed by atoms with Crippen LogP contribution in [-0.2, 0) is 16.6 Å². The minimum atomic E-state index is -3.68. The summed E-state index contributed by atoms with van der Waals surface area (Å²) in [5.41, 5.74) is 0.596. The van der Waals surface area contributed by atoms with Crippen molar-refractivity contribution in [3.8, 4) is 5.75 Å². The third-order valence-corrected chi connectivity index (χ3v) is 2.07. The van der Waals surface area contributed by atoms with E-state index in [0.29, 0.717) is 5.69 Å². The van der Waals surface area contributed by atoms with Crippen molar-refractivity contribution in [1.82, 2.24) is 0 Å². The Labute approximate surface area is 92.0 Å². The van der Waals surface area contributed by atoms with Gasteiger partial charge in [0.15, 0.2) is 0 Å². The van der Waals surface area contributed by atoms with E-state index >= 15 is 0 Å². The Kier molecular flexibility index (Phi) is 3.82. The predicted molar refractivity (Wildman–Crippen MR) is 60.1 cm³/mol. The van der Waals surface area contributed by atoms with E-state index in [2.05, 4.69) is 21.6 Å². The van der Waals surface area contributed by atoms with Crippen molar-refractivity contribution < 1.29 is 19.1 Å². The largest absolute Gasteiger partial charge is 0.424 e. The number of amides is 1. The quantitative estimate of drug-likeness (QED) is 0.700. The van der Waals surface area contributed by atoms with Crippen LogP contribution in [0.2, 0.25) is 0 Å². The summed E-state index contributed by atoms with van der Waals surface area (Å²) in [7, 11) is 0. The molecule has 0 aromatic heterocycles. The first kappa shape index (κ1) is 12.1. The SMILES string of the molecule is CC(=O)Nc1ccc(OP(O)(O)=S)cc1. The summed E-state index contributed by atoms with van der Waals surface area (Å²) in [6.45, 7) is -2.29. The molecule has 7 heteroatoms. The Morgan fingerprint density at radius 1 is 1.40 bits per heavy atom. The molecule has 0 heterocycles. The molecule has 0 atom stereocenters. The van der Waals surface area contributed by atoms with Gasteiger partial charge in [-0.1, -0.05) is 0 Å². The molecule has 0 aliphatic carbocycles. The Balaban J connectivity index is 2.72. The molecule has 82 valence electrons. The van der Waals surface area contributed by atoms with Crippen molar-refractivity contribution in [1.29, 1.82) is 0 Å². The molecule has 0 spiro atoms. The molecule has 15 heavy (non-hydrogen) atoms. The molecule has 1 rings (SSSR count). The highest BCUT2D eigenvalue weighted by Crippen LogP contribution is 2.38. The van der Waals surface area contributed by atoms with Crippen LogP contribution < -0.4 is 9.84 Å². The fraction of sp³-hybridized carbons (Fsp3) is 0.125. The van der Waals surface area contributed by atoms with E-state index in [-0.39, 0.29) is 11.7 Å². The fourth-order valence-corrected chi connectivity index (χ4v) is 1.59. The third kappa shape index (κ3) is 4.90. The zero-order valence-corrected chi connectivity index (χ0v) is 9.59. The zero-order valence-electron chi connectivity index (χ0n) is 7.88. The van der Waals surface area contributed by atoms with Gasteiger partial charge in [-0.3, -0.25) is 4.79 Å². The van der Waals surface area contributed by atoms with E-state index in [1.165, 1.54) is 19.1 Å². The summed E-state index contributed by atoms with van der Waals surface area (Å²) in [6, 6.07) is 6.11. The van der Waals surface area contributed by atoms with Crippen LogP contribution in [0.3, 0.4) is 0 Å². The van der Waals surface area contributed by atoms with Crippen LogP contribution in [0.5, 0.6) is 5.75 Å². The lowest BCUT2D eigenvalue weighted by Gasteiger charge is -2.10. The van der Waals surface area contributed by atoms with Gasteiger partial charge in [-0.25, -0.2) is 0 Å². The van der Waals surface area contributed by atoms with Gasteiger partial charge < -0.3 is 19.6 Å². The van der Waals surface area contributed by atoms with E-state index in [9.17, 15) is 4.79 Å². The lowest BCUT2D eigenvalue weighted by molar-refractivity contribution is -0.114. The second kappa shape index (κ2) is 4.72. The molecule has 3 N–H and O–H groups in total. The van der Waals surface area contributed by atoms with Gasteiger partial charge in [-0.05, 0) is 24.3 Å². The number of anilines is 1. The molecule has 5 nitrogen and oxygen atoms in total. The highest BCUT2D eigenvalue weighted by Gasteiger charge is 2.09. The number of carbonyl (C=O) groups is 1. The Hall–Kier alpha value is -0.940. The van der Waals surface area contributed by atoms with Crippen molar-refractivity contribution in [3.63, 3.8) is 0 Å². The number of benzene rings is 1. The minimum absolute atomic E-state index is 0.182. The first-order chi connectivity index (χ1) is 6.87. The zero-order chi connectivity index (χ0) is 11.5. The predicted octanol–water partition coefficient (Wildman–Crippen LogP) is 1.23. The summed E-state index contributed by atoms with van der Waals surface area (Å²) < 4.78 is 4.69. The van der Waals surface area contributed by atoms with Crippen molar-refractivity contribution in [3.05, 3.63) is 24.3 Å². The normalized spacial score (nSPS) is 10.9. The molecule has 1 aromatic carbocycles. The highest BCUT2D eigenvalue weighted by atomic mass is 32.5. The summed E-state index contributed by atoms with van der Waals surface area (Å²) in [5, 5.41) is 2.56. The van der Waals surface area contributed by atoms with Gasteiger partial charge in [0, 0.05) is 24.4 Å². The number of carbonyl (C=O) groups excluding carboxylic acids is 1. The Bertz CT molecular complexity index is 400. The Morgan fingerprint density at radius 3 is 2.33 bits per heavy atom. The van der Waals surface area contributed by atoms with Gasteiger partial charge in [0.25, 0.3) is 0 Å². The van der Waals surface area contributed by atoms with E-state index in [0.717, 1.165) is 0 Å². The third-order valence-electron chi connectivity index (χ3n) is 1.40. The van der Waals surface area contributed by atoms with Crippen LogP contribution in [0.15, 0.2) is 24.3 Å². The van der Waals surface area contributed by atoms with Gasteiger partial charge in [-0.15, -0.1) is 0 Å². The van der Waals surface area contributed by atoms with Crippen LogP contribution in [0.1, 0.15) is 6.92 Å². The smallest absolute Gasteiger partial charge is 0.375 e. The average molecular weight is 247 g/mol. The molecule has 1 aromatic rings. The van der Waals surface area contributed by atoms with Crippen molar-refractivity contribution in [2.24, 2.45) is 0 Å². The molecule has 0 bridgehead atoms. The maximum atomic E-state index is 10.7. The number of hydrogen-bond acceptors (Lipinski definition) is 3. The molecular formula is C8H10NO4PS. The topological polar surface area (TPSA) is 78.8 Å². The number of rotatable bonds is 3. The maximum absolute atomic E-state index is 10.7. The van der Waals surface area contributed by atoms with Crippen LogP contribution in [0.25, 0.3) is 0 Å². The van der Waals surface area contributed by atoms with E-state index in [4.69, 9.17) is 9.79 Å². The van der Waals surface area contributed by atoms with Crippen LogP contribution in [-0.4, -0.2) is 15.7 Å². The van der Waals surface area contributed by atoms with Crippen molar-refractivity contribution in [2.75, 3.05) is 5.32 Å². The summed E-state index contributed by atoms with van der Waals surface area (Å²) in [5.74, 6) is 0.0653. The molecule has 0 unspecified atom stereocenters. The summed E-state index contributed by atoms with van der Waals surface area (Å²) in [4.78, 5) is 28.4. The average Bonchev–Trinajstić information content (AvgIpc) is 2.05. The molecule has 0 saturated heterocycles. The Morgan fingerprint density at radius 2 is 1.93 bits per heavy atom. The first-order valence-electron chi connectivity index (χ1n) is 3.99. The van der Waals surface area contributed by atoms with E-state index in [1.54, 1.807) is 12.1 Å². The monoisotopic (exact) mass is 247 g/mol. The van der Waals surface area contributed by atoms with E-state index in [1.807, 2.05) is 0 Å². The van der Waals surface area contributed by atoms with Crippen LogP contribution >= 0.6 is 6.72 Å². The molecule has 0 radical (unpaired) electrons. The minimum Gasteiger partial charge on any atom is -0.424 e. The molecule has 0 aliphatic heterocycles. The number of nitrogens with one attached hydrogen (secondary N) is 1. The molecule has 0 aliphatic rings. The maximum Gasteiger partial charge on any atom is 0.375 e. The lowest BCUT2D eigenvalue weighted by Crippen LogP contribution is -2.05. The van der Waals surface area contributed by atoms with Crippen molar-refractivity contribution in [2.45, 2.75) is 6.92 Å². The highest BCUT2D eigenvalue weighted by molar-refractivity contribution is 8.06. The summed E-state index contributed by atoms with van der Waals surface area (Å²) >= 11 is 4.30. The molecule has 0 fully saturated rings. The van der Waals surface area contributed by atoms with Gasteiger partial charge in [0.1, 0.15) is 5.75 Å². The van der Waals surface area contributed by atoms with Gasteiger partial charge in [-0.2, -0.15) is 0 Å². The first-order valence-corrected chi connectivity index (χ1v) is 6.62.